The van der Waals surface area contributed by atoms with Gasteiger partial charge in [-0.1, -0.05) is 12.1 Å². The molecule has 108 valence electrons. The second kappa shape index (κ2) is 9.78. The lowest BCUT2D eigenvalue weighted by molar-refractivity contribution is 0.172. The van der Waals surface area contributed by atoms with Crippen LogP contribution in [0.3, 0.4) is 0 Å². The summed E-state index contributed by atoms with van der Waals surface area (Å²) in [6, 6.07) is 8.17. The molecule has 0 bridgehead atoms. The van der Waals surface area contributed by atoms with Crippen LogP contribution in [0.15, 0.2) is 24.3 Å². The van der Waals surface area contributed by atoms with E-state index in [-0.39, 0.29) is 0 Å². The molecule has 4 heteroatoms. The van der Waals surface area contributed by atoms with Crippen molar-refractivity contribution in [2.75, 3.05) is 47.0 Å². The first kappa shape index (κ1) is 16.0. The monoisotopic (exact) mass is 266 g/mol. The molecule has 0 aliphatic heterocycles. The number of nitrogens with zero attached hydrogens (tertiary/aromatic N) is 1. The fourth-order valence-corrected chi connectivity index (χ4v) is 1.83. The summed E-state index contributed by atoms with van der Waals surface area (Å²) in [4.78, 5) is 2.25. The molecule has 1 aromatic carbocycles. The number of likely N-dealkylation sites (N-methyl/N-ethyl adjacent to an activating group) is 1. The second-order valence-electron chi connectivity index (χ2n) is 4.68. The van der Waals surface area contributed by atoms with Crippen molar-refractivity contribution in [3.63, 3.8) is 0 Å². The van der Waals surface area contributed by atoms with Crippen molar-refractivity contribution in [3.8, 4) is 5.75 Å². The zero-order valence-corrected chi connectivity index (χ0v) is 12.1. The third-order valence-electron chi connectivity index (χ3n) is 2.99. The van der Waals surface area contributed by atoms with Crippen LogP contribution in [-0.4, -0.2) is 51.9 Å². The SMILES string of the molecule is COCCCN(C)CCOc1ccc(CCN)cc1. The Kier molecular flexibility index (Phi) is 8.21. The molecule has 2 N–H and O–H groups in total. The molecular weight excluding hydrogens is 240 g/mol. The summed E-state index contributed by atoms with van der Waals surface area (Å²) in [6.07, 6.45) is 1.98. The molecule has 0 fully saturated rings. The number of ether oxygens (including phenoxy) is 2. The first-order valence-electron chi connectivity index (χ1n) is 6.85. The number of hydrogen-bond acceptors (Lipinski definition) is 4. The maximum atomic E-state index is 5.71. The first-order chi connectivity index (χ1) is 9.26. The fraction of sp³-hybridized carbons (Fsp3) is 0.600. The lowest BCUT2D eigenvalue weighted by atomic mass is 10.1. The van der Waals surface area contributed by atoms with E-state index in [2.05, 4.69) is 24.1 Å². The fourth-order valence-electron chi connectivity index (χ4n) is 1.83. The van der Waals surface area contributed by atoms with E-state index >= 15 is 0 Å². The van der Waals surface area contributed by atoms with E-state index in [1.807, 2.05) is 12.1 Å². The van der Waals surface area contributed by atoms with Gasteiger partial charge in [-0.3, -0.25) is 0 Å². The zero-order valence-electron chi connectivity index (χ0n) is 12.1. The van der Waals surface area contributed by atoms with Crippen molar-refractivity contribution in [3.05, 3.63) is 29.8 Å². The highest BCUT2D eigenvalue weighted by Crippen LogP contribution is 2.12. The Balaban J connectivity index is 2.17. The summed E-state index contributed by atoms with van der Waals surface area (Å²) in [5.74, 6) is 0.922. The molecule has 0 heterocycles. The van der Waals surface area contributed by atoms with Crippen LogP contribution in [0.2, 0.25) is 0 Å². The topological polar surface area (TPSA) is 47.7 Å². The van der Waals surface area contributed by atoms with Gasteiger partial charge in [0.15, 0.2) is 0 Å². The molecule has 0 radical (unpaired) electrons. The van der Waals surface area contributed by atoms with Gasteiger partial charge >= 0.3 is 0 Å². The van der Waals surface area contributed by atoms with Gasteiger partial charge < -0.3 is 20.1 Å². The van der Waals surface area contributed by atoms with Crippen LogP contribution in [0, 0.1) is 0 Å². The molecule has 0 saturated heterocycles. The molecule has 0 unspecified atom stereocenters. The Morgan fingerprint density at radius 2 is 1.84 bits per heavy atom. The largest absolute Gasteiger partial charge is 0.492 e. The average Bonchev–Trinajstić information content (AvgIpc) is 2.41. The van der Waals surface area contributed by atoms with Crippen LogP contribution in [0.1, 0.15) is 12.0 Å². The van der Waals surface area contributed by atoms with E-state index in [1.54, 1.807) is 7.11 Å². The number of nitrogens with two attached hydrogens (primary N) is 1. The molecule has 1 rings (SSSR count). The van der Waals surface area contributed by atoms with Crippen molar-refractivity contribution >= 4 is 0 Å². The van der Waals surface area contributed by atoms with Crippen LogP contribution in [-0.2, 0) is 11.2 Å². The number of benzene rings is 1. The summed E-state index contributed by atoms with van der Waals surface area (Å²) in [5, 5.41) is 0. The highest BCUT2D eigenvalue weighted by atomic mass is 16.5. The standard InChI is InChI=1S/C15H26N2O2/c1-17(10-3-12-18-2)11-13-19-15-6-4-14(5-7-15)8-9-16/h4-7H,3,8-13,16H2,1-2H3. The van der Waals surface area contributed by atoms with Gasteiger partial charge in [-0.25, -0.2) is 0 Å². The van der Waals surface area contributed by atoms with E-state index < -0.39 is 0 Å². The van der Waals surface area contributed by atoms with Gasteiger partial charge in [0.05, 0.1) is 0 Å². The quantitative estimate of drug-likeness (QED) is 0.653. The van der Waals surface area contributed by atoms with E-state index in [0.717, 1.165) is 38.3 Å². The maximum absolute atomic E-state index is 5.71. The molecule has 19 heavy (non-hydrogen) atoms. The summed E-state index contributed by atoms with van der Waals surface area (Å²) < 4.78 is 10.7. The second-order valence-corrected chi connectivity index (χ2v) is 4.68. The summed E-state index contributed by atoms with van der Waals surface area (Å²) in [7, 11) is 3.83. The average molecular weight is 266 g/mol. The van der Waals surface area contributed by atoms with Crippen molar-refractivity contribution < 1.29 is 9.47 Å². The van der Waals surface area contributed by atoms with E-state index in [1.165, 1.54) is 5.56 Å². The predicted molar refractivity (Wildman–Crippen MR) is 78.7 cm³/mol. The van der Waals surface area contributed by atoms with E-state index in [0.29, 0.717) is 13.2 Å². The molecule has 0 aromatic heterocycles. The molecule has 0 spiro atoms. The van der Waals surface area contributed by atoms with Gasteiger partial charge in [0, 0.05) is 26.8 Å². The number of methoxy groups -OCH3 is 1. The lowest BCUT2D eigenvalue weighted by Crippen LogP contribution is -2.26. The molecule has 0 aliphatic rings. The minimum Gasteiger partial charge on any atom is -0.492 e. The predicted octanol–water partition coefficient (Wildman–Crippen LogP) is 1.53. The normalized spacial score (nSPS) is 10.9. The lowest BCUT2D eigenvalue weighted by Gasteiger charge is -2.16. The van der Waals surface area contributed by atoms with E-state index in [4.69, 9.17) is 15.2 Å². The van der Waals surface area contributed by atoms with Gasteiger partial charge in [-0.2, -0.15) is 0 Å². The van der Waals surface area contributed by atoms with Crippen LogP contribution in [0.25, 0.3) is 0 Å². The van der Waals surface area contributed by atoms with Crippen molar-refractivity contribution in [1.29, 1.82) is 0 Å². The molecular formula is C15H26N2O2. The Bertz CT molecular complexity index is 327. The Labute approximate surface area is 116 Å². The molecule has 0 atom stereocenters. The van der Waals surface area contributed by atoms with Gasteiger partial charge in [0.1, 0.15) is 12.4 Å². The molecule has 0 aliphatic carbocycles. The zero-order chi connectivity index (χ0) is 13.9. The van der Waals surface area contributed by atoms with Crippen molar-refractivity contribution in [2.24, 2.45) is 5.73 Å². The van der Waals surface area contributed by atoms with Crippen molar-refractivity contribution in [2.45, 2.75) is 12.8 Å². The third kappa shape index (κ3) is 7.15. The van der Waals surface area contributed by atoms with Crippen LogP contribution < -0.4 is 10.5 Å². The highest BCUT2D eigenvalue weighted by molar-refractivity contribution is 5.27. The Morgan fingerprint density at radius 1 is 1.11 bits per heavy atom. The Morgan fingerprint density at radius 3 is 2.47 bits per heavy atom. The van der Waals surface area contributed by atoms with Gasteiger partial charge in [0.2, 0.25) is 0 Å². The minimum absolute atomic E-state index is 0.687. The maximum Gasteiger partial charge on any atom is 0.119 e. The van der Waals surface area contributed by atoms with Crippen LogP contribution >= 0.6 is 0 Å². The van der Waals surface area contributed by atoms with Gasteiger partial charge in [-0.15, -0.1) is 0 Å². The number of rotatable bonds is 10. The van der Waals surface area contributed by atoms with Gasteiger partial charge in [0.25, 0.3) is 0 Å². The molecule has 1 aromatic rings. The summed E-state index contributed by atoms with van der Waals surface area (Å²) >= 11 is 0. The summed E-state index contributed by atoms with van der Waals surface area (Å²) in [6.45, 7) is 4.17. The smallest absolute Gasteiger partial charge is 0.119 e. The highest BCUT2D eigenvalue weighted by Gasteiger charge is 1.99. The van der Waals surface area contributed by atoms with Crippen LogP contribution in [0.5, 0.6) is 5.75 Å². The minimum atomic E-state index is 0.687. The third-order valence-corrected chi connectivity index (χ3v) is 2.99. The van der Waals surface area contributed by atoms with Crippen molar-refractivity contribution in [1.82, 2.24) is 4.90 Å². The molecule has 0 saturated carbocycles. The van der Waals surface area contributed by atoms with E-state index in [9.17, 15) is 0 Å². The summed E-state index contributed by atoms with van der Waals surface area (Å²) in [5.41, 5.74) is 6.77. The molecule has 4 nitrogen and oxygen atoms in total. The van der Waals surface area contributed by atoms with Crippen LogP contribution in [0.4, 0.5) is 0 Å². The van der Waals surface area contributed by atoms with Gasteiger partial charge in [-0.05, 0) is 44.1 Å². The Hall–Kier alpha value is -1.10. The number of hydrogen-bond donors (Lipinski definition) is 1. The molecule has 0 amide bonds. The first-order valence-corrected chi connectivity index (χ1v) is 6.85.